The predicted octanol–water partition coefficient (Wildman–Crippen LogP) is 0.486. The summed E-state index contributed by atoms with van der Waals surface area (Å²) in [5.74, 6) is -1.35. The van der Waals surface area contributed by atoms with Crippen molar-refractivity contribution in [2.24, 2.45) is 7.05 Å². The van der Waals surface area contributed by atoms with Crippen molar-refractivity contribution in [1.82, 2.24) is 18.9 Å². The standard InChI is InChI=1S/C11H14N4O4S2/c1-15-6-8(5-12-15)3-2-4-13-21(18,19)9-7-20-14-10(9)11(16)17/h5-7,13H,2-4H2,1H3,(H,16,17). The lowest BCUT2D eigenvalue weighted by molar-refractivity contribution is 0.0687. The van der Waals surface area contributed by atoms with Crippen LogP contribution in [-0.4, -0.2) is 40.2 Å². The summed E-state index contributed by atoms with van der Waals surface area (Å²) >= 11 is 0.799. The first-order valence-electron chi connectivity index (χ1n) is 6.05. The minimum Gasteiger partial charge on any atom is -0.476 e. The summed E-state index contributed by atoms with van der Waals surface area (Å²) < 4.78 is 31.7. The van der Waals surface area contributed by atoms with Gasteiger partial charge in [0.1, 0.15) is 4.90 Å². The maximum atomic E-state index is 12.0. The molecule has 2 N–H and O–H groups in total. The van der Waals surface area contributed by atoms with Crippen LogP contribution in [0.2, 0.25) is 0 Å². The molecule has 0 aliphatic carbocycles. The van der Waals surface area contributed by atoms with Gasteiger partial charge >= 0.3 is 5.97 Å². The largest absolute Gasteiger partial charge is 0.476 e. The smallest absolute Gasteiger partial charge is 0.357 e. The van der Waals surface area contributed by atoms with Crippen LogP contribution < -0.4 is 4.72 Å². The summed E-state index contributed by atoms with van der Waals surface area (Å²) in [4.78, 5) is 10.6. The second kappa shape index (κ2) is 6.33. The number of hydrogen-bond donors (Lipinski definition) is 2. The van der Waals surface area contributed by atoms with Crippen LogP contribution >= 0.6 is 11.5 Å². The number of sulfonamides is 1. The van der Waals surface area contributed by atoms with Crippen molar-refractivity contribution in [3.63, 3.8) is 0 Å². The molecule has 21 heavy (non-hydrogen) atoms. The number of rotatable bonds is 7. The predicted molar refractivity (Wildman–Crippen MR) is 75.8 cm³/mol. The average Bonchev–Trinajstić information content (AvgIpc) is 3.03. The van der Waals surface area contributed by atoms with Crippen molar-refractivity contribution in [3.05, 3.63) is 29.0 Å². The molecule has 8 nitrogen and oxygen atoms in total. The van der Waals surface area contributed by atoms with Crippen LogP contribution in [-0.2, 0) is 23.5 Å². The highest BCUT2D eigenvalue weighted by atomic mass is 32.2. The summed E-state index contributed by atoms with van der Waals surface area (Å²) in [5.41, 5.74) is 0.569. The van der Waals surface area contributed by atoms with Crippen molar-refractivity contribution in [2.75, 3.05) is 6.54 Å². The van der Waals surface area contributed by atoms with E-state index in [9.17, 15) is 13.2 Å². The molecule has 2 aromatic rings. The maximum absolute atomic E-state index is 12.0. The molecule has 0 spiro atoms. The van der Waals surface area contributed by atoms with Gasteiger partial charge in [0, 0.05) is 25.2 Å². The molecule has 114 valence electrons. The van der Waals surface area contributed by atoms with E-state index in [1.807, 2.05) is 13.2 Å². The van der Waals surface area contributed by atoms with E-state index in [4.69, 9.17) is 5.11 Å². The second-order valence-electron chi connectivity index (χ2n) is 4.36. The lowest BCUT2D eigenvalue weighted by Gasteiger charge is -2.05. The minimum atomic E-state index is -3.85. The van der Waals surface area contributed by atoms with Crippen LogP contribution in [0.5, 0.6) is 0 Å². The Morgan fingerprint density at radius 2 is 2.29 bits per heavy atom. The number of nitrogens with one attached hydrogen (secondary N) is 1. The molecular formula is C11H14N4O4S2. The normalized spacial score (nSPS) is 11.7. The quantitative estimate of drug-likeness (QED) is 0.714. The van der Waals surface area contributed by atoms with Gasteiger partial charge in [0.2, 0.25) is 10.0 Å². The van der Waals surface area contributed by atoms with Gasteiger partial charge in [-0.05, 0) is 29.9 Å². The fraction of sp³-hybridized carbons (Fsp3) is 0.364. The van der Waals surface area contributed by atoms with Gasteiger partial charge in [-0.2, -0.15) is 9.47 Å². The summed E-state index contributed by atoms with van der Waals surface area (Å²) in [6.07, 6.45) is 4.86. The fourth-order valence-corrected chi connectivity index (χ4v) is 3.93. The maximum Gasteiger partial charge on any atom is 0.357 e. The fourth-order valence-electron chi connectivity index (χ4n) is 1.74. The van der Waals surface area contributed by atoms with E-state index in [0.717, 1.165) is 17.1 Å². The van der Waals surface area contributed by atoms with Crippen LogP contribution in [0.25, 0.3) is 0 Å². The van der Waals surface area contributed by atoms with Crippen molar-refractivity contribution in [1.29, 1.82) is 0 Å². The molecule has 10 heteroatoms. The lowest BCUT2D eigenvalue weighted by Crippen LogP contribution is -2.26. The molecule has 0 bridgehead atoms. The highest BCUT2D eigenvalue weighted by Gasteiger charge is 2.24. The van der Waals surface area contributed by atoms with Crippen molar-refractivity contribution in [3.8, 4) is 0 Å². The van der Waals surface area contributed by atoms with Gasteiger partial charge in [-0.15, -0.1) is 0 Å². The first-order valence-corrected chi connectivity index (χ1v) is 8.37. The number of nitrogens with zero attached hydrogens (tertiary/aromatic N) is 3. The number of aryl methyl sites for hydroxylation is 2. The van der Waals surface area contributed by atoms with E-state index in [-0.39, 0.29) is 11.4 Å². The molecule has 2 rings (SSSR count). The Morgan fingerprint density at radius 1 is 1.52 bits per heavy atom. The van der Waals surface area contributed by atoms with Gasteiger partial charge < -0.3 is 5.11 Å². The molecule has 0 fully saturated rings. The molecule has 2 aromatic heterocycles. The number of carboxylic acid groups (broad SMARTS) is 1. The number of carbonyl (C=O) groups is 1. The lowest BCUT2D eigenvalue weighted by atomic mass is 10.2. The molecule has 0 saturated carbocycles. The minimum absolute atomic E-state index is 0.214. The zero-order valence-corrected chi connectivity index (χ0v) is 12.8. The summed E-state index contributed by atoms with van der Waals surface area (Å²) in [7, 11) is -2.04. The second-order valence-corrected chi connectivity index (χ2v) is 6.72. The SMILES string of the molecule is Cn1cc(CCCNS(=O)(=O)c2csnc2C(=O)O)cn1. The van der Waals surface area contributed by atoms with Gasteiger partial charge in [0.25, 0.3) is 0 Å². The van der Waals surface area contributed by atoms with Gasteiger partial charge in [-0.25, -0.2) is 17.9 Å². The Kier molecular flexibility index (Phi) is 4.70. The van der Waals surface area contributed by atoms with E-state index >= 15 is 0 Å². The number of aromatic carboxylic acids is 1. The summed E-state index contributed by atoms with van der Waals surface area (Å²) in [6, 6.07) is 0. The van der Waals surface area contributed by atoms with Crippen molar-refractivity contribution >= 4 is 27.5 Å². The van der Waals surface area contributed by atoms with Crippen LogP contribution in [0, 0.1) is 0 Å². The zero-order valence-electron chi connectivity index (χ0n) is 11.2. The monoisotopic (exact) mass is 330 g/mol. The van der Waals surface area contributed by atoms with E-state index in [1.54, 1.807) is 10.9 Å². The topological polar surface area (TPSA) is 114 Å². The van der Waals surface area contributed by atoms with Crippen LogP contribution in [0.3, 0.4) is 0 Å². The number of carboxylic acids is 1. The number of aromatic nitrogens is 3. The Hall–Kier alpha value is -1.78. The molecular weight excluding hydrogens is 316 g/mol. The van der Waals surface area contributed by atoms with E-state index < -0.39 is 21.7 Å². The first kappa shape index (κ1) is 15.6. The Bertz CT molecular complexity index is 735. The molecule has 0 aromatic carbocycles. The third kappa shape index (κ3) is 3.86. The molecule has 0 amide bonds. The van der Waals surface area contributed by atoms with Gasteiger partial charge in [-0.3, -0.25) is 4.68 Å². The summed E-state index contributed by atoms with van der Waals surface area (Å²) in [5, 5.41) is 14.1. The molecule has 0 aliphatic rings. The van der Waals surface area contributed by atoms with E-state index in [1.165, 1.54) is 5.38 Å². The third-order valence-electron chi connectivity index (χ3n) is 2.72. The van der Waals surface area contributed by atoms with Crippen molar-refractivity contribution < 1.29 is 18.3 Å². The first-order chi connectivity index (χ1) is 9.90. The number of hydrogen-bond acceptors (Lipinski definition) is 6. The van der Waals surface area contributed by atoms with Crippen LogP contribution in [0.1, 0.15) is 22.5 Å². The molecule has 0 saturated heterocycles. The average molecular weight is 330 g/mol. The highest BCUT2D eigenvalue weighted by molar-refractivity contribution is 7.89. The van der Waals surface area contributed by atoms with E-state index in [0.29, 0.717) is 12.8 Å². The Balaban J connectivity index is 1.92. The molecule has 0 unspecified atom stereocenters. The van der Waals surface area contributed by atoms with Gasteiger partial charge in [0.15, 0.2) is 5.69 Å². The molecule has 0 atom stereocenters. The highest BCUT2D eigenvalue weighted by Crippen LogP contribution is 2.16. The van der Waals surface area contributed by atoms with Gasteiger partial charge in [0.05, 0.1) is 6.20 Å². The Labute approximate surface area is 125 Å². The van der Waals surface area contributed by atoms with E-state index in [2.05, 4.69) is 14.2 Å². The molecule has 2 heterocycles. The zero-order chi connectivity index (χ0) is 15.5. The van der Waals surface area contributed by atoms with Crippen LogP contribution in [0.15, 0.2) is 22.7 Å². The Morgan fingerprint density at radius 3 is 2.90 bits per heavy atom. The third-order valence-corrected chi connectivity index (χ3v) is 4.97. The molecule has 0 radical (unpaired) electrons. The van der Waals surface area contributed by atoms with Crippen molar-refractivity contribution in [2.45, 2.75) is 17.7 Å². The van der Waals surface area contributed by atoms with Gasteiger partial charge in [-0.1, -0.05) is 0 Å². The molecule has 0 aliphatic heterocycles. The summed E-state index contributed by atoms with van der Waals surface area (Å²) in [6.45, 7) is 0.214. The van der Waals surface area contributed by atoms with Crippen LogP contribution in [0.4, 0.5) is 0 Å².